The molecule has 0 aromatic carbocycles. The minimum atomic E-state index is -2.56. The molecule has 0 saturated carbocycles. The van der Waals surface area contributed by atoms with Gasteiger partial charge in [-0.15, -0.1) is 10.2 Å². The molecule has 1 aliphatic heterocycles. The molecular formula is C10H12N3O2P. The minimum absolute atomic E-state index is 0.222. The lowest BCUT2D eigenvalue weighted by Crippen LogP contribution is -2.20. The fourth-order valence-corrected chi connectivity index (χ4v) is 3.68. The highest BCUT2D eigenvalue weighted by Gasteiger charge is 2.35. The smallest absolute Gasteiger partial charge is 0.219 e. The van der Waals surface area contributed by atoms with Crippen molar-refractivity contribution in [3.8, 4) is 0 Å². The summed E-state index contributed by atoms with van der Waals surface area (Å²) in [6.45, 7) is 3.67. The second-order valence-corrected chi connectivity index (χ2v) is 7.12. The molecule has 6 heteroatoms. The van der Waals surface area contributed by atoms with Crippen molar-refractivity contribution in [1.82, 2.24) is 0 Å². The predicted molar refractivity (Wildman–Crippen MR) is 62.2 cm³/mol. The molecule has 2 rings (SSSR count). The van der Waals surface area contributed by atoms with E-state index in [1.807, 2.05) is 13.8 Å². The van der Waals surface area contributed by atoms with Crippen molar-refractivity contribution in [1.29, 1.82) is 0 Å². The highest BCUT2D eigenvalue weighted by molar-refractivity contribution is 7.69. The molecule has 0 saturated heterocycles. The molecule has 1 heterocycles. The van der Waals surface area contributed by atoms with E-state index in [9.17, 15) is 9.36 Å². The van der Waals surface area contributed by atoms with Crippen molar-refractivity contribution in [2.45, 2.75) is 13.8 Å². The maximum atomic E-state index is 12.5. The van der Waals surface area contributed by atoms with Gasteiger partial charge in [0.25, 0.3) is 0 Å². The lowest BCUT2D eigenvalue weighted by molar-refractivity contribution is -0.109. The summed E-state index contributed by atoms with van der Waals surface area (Å²) in [4.78, 5) is 12.0. The van der Waals surface area contributed by atoms with E-state index in [1.54, 1.807) is 12.2 Å². The van der Waals surface area contributed by atoms with Crippen molar-refractivity contribution in [2.24, 2.45) is 15.4 Å². The molecular weight excluding hydrogens is 225 g/mol. The topological polar surface area (TPSA) is 71.2 Å². The average molecular weight is 237 g/mol. The number of hydrogen-bond donors (Lipinski definition) is 0. The van der Waals surface area contributed by atoms with Crippen LogP contribution in [0.1, 0.15) is 13.8 Å². The zero-order chi connectivity index (χ0) is 11.8. The van der Waals surface area contributed by atoms with E-state index in [0.29, 0.717) is 23.3 Å². The van der Waals surface area contributed by atoms with Gasteiger partial charge in [-0.3, -0.25) is 4.79 Å². The number of carbonyl (C=O) groups excluding carboxylic acids is 1. The summed E-state index contributed by atoms with van der Waals surface area (Å²) in [5.74, 6) is -0.283. The molecule has 5 nitrogen and oxygen atoms in total. The Kier molecular flexibility index (Phi) is 2.72. The molecule has 1 aliphatic carbocycles. The van der Waals surface area contributed by atoms with Crippen LogP contribution in [-0.2, 0) is 9.36 Å². The molecule has 0 amide bonds. The van der Waals surface area contributed by atoms with E-state index in [2.05, 4.69) is 15.4 Å². The van der Waals surface area contributed by atoms with Gasteiger partial charge in [-0.25, -0.2) is 0 Å². The van der Waals surface area contributed by atoms with Crippen LogP contribution in [0.5, 0.6) is 0 Å². The highest BCUT2D eigenvalue weighted by atomic mass is 31.2. The van der Waals surface area contributed by atoms with Crippen molar-refractivity contribution < 1.29 is 9.36 Å². The number of nitrogens with zero attached hydrogens (tertiary/aromatic N) is 3. The lowest BCUT2D eigenvalue weighted by atomic mass is 10.1. The Morgan fingerprint density at radius 2 is 1.94 bits per heavy atom. The highest BCUT2D eigenvalue weighted by Crippen LogP contribution is 2.54. The van der Waals surface area contributed by atoms with Gasteiger partial charge in [-0.2, -0.15) is 0 Å². The van der Waals surface area contributed by atoms with Gasteiger partial charge in [0.2, 0.25) is 5.78 Å². The monoisotopic (exact) mass is 237 g/mol. The first kappa shape index (κ1) is 11.1. The second-order valence-electron chi connectivity index (χ2n) is 3.59. The Morgan fingerprint density at radius 1 is 1.25 bits per heavy atom. The van der Waals surface area contributed by atoms with Crippen LogP contribution in [-0.4, -0.2) is 23.8 Å². The first-order valence-electron chi connectivity index (χ1n) is 5.16. The van der Waals surface area contributed by atoms with Gasteiger partial charge in [-0.05, 0) is 17.4 Å². The van der Waals surface area contributed by atoms with Crippen LogP contribution in [0.25, 0.3) is 0 Å². The quantitative estimate of drug-likeness (QED) is 0.559. The number of hydrogen-bond acceptors (Lipinski definition) is 5. The second kappa shape index (κ2) is 3.91. The van der Waals surface area contributed by atoms with Gasteiger partial charge in [-0.1, -0.05) is 13.8 Å². The Balaban J connectivity index is 2.46. The molecule has 0 radical (unpaired) electrons. The summed E-state index contributed by atoms with van der Waals surface area (Å²) in [6, 6.07) is 0. The van der Waals surface area contributed by atoms with E-state index in [1.165, 1.54) is 0 Å². The van der Waals surface area contributed by atoms with Crippen LogP contribution < -0.4 is 0 Å². The van der Waals surface area contributed by atoms with Crippen LogP contribution >= 0.6 is 7.14 Å². The Hall–Kier alpha value is -1.35. The van der Waals surface area contributed by atoms with Crippen molar-refractivity contribution >= 4 is 18.6 Å². The normalized spacial score (nSPS) is 19.1. The maximum absolute atomic E-state index is 12.5. The van der Waals surface area contributed by atoms with E-state index in [4.69, 9.17) is 0 Å². The number of ketones is 1. The van der Waals surface area contributed by atoms with E-state index < -0.39 is 7.14 Å². The van der Waals surface area contributed by atoms with Gasteiger partial charge >= 0.3 is 0 Å². The summed E-state index contributed by atoms with van der Waals surface area (Å²) in [7, 11) is -2.56. The maximum Gasteiger partial charge on any atom is 0.219 e. The zero-order valence-electron chi connectivity index (χ0n) is 9.17. The number of allylic oxidation sites excluding steroid dienone is 4. The number of fused-ring (bicyclic) bond motifs is 1. The summed E-state index contributed by atoms with van der Waals surface area (Å²) in [6.07, 6.45) is 4.25. The third kappa shape index (κ3) is 1.52. The van der Waals surface area contributed by atoms with Crippen molar-refractivity contribution in [3.63, 3.8) is 0 Å². The molecule has 0 fully saturated rings. The van der Waals surface area contributed by atoms with Crippen LogP contribution in [0.3, 0.4) is 0 Å². The van der Waals surface area contributed by atoms with Gasteiger partial charge in [0, 0.05) is 12.3 Å². The summed E-state index contributed by atoms with van der Waals surface area (Å²) in [5.41, 5.74) is 0.687. The first-order chi connectivity index (χ1) is 7.62. The molecule has 0 unspecified atom stereocenters. The minimum Gasteiger partial charge on any atom is -0.318 e. The van der Waals surface area contributed by atoms with Gasteiger partial charge in [0.15, 0.2) is 5.71 Å². The van der Waals surface area contributed by atoms with E-state index >= 15 is 0 Å². The third-order valence-electron chi connectivity index (χ3n) is 2.85. The summed E-state index contributed by atoms with van der Waals surface area (Å²) < 4.78 is 12.5. The van der Waals surface area contributed by atoms with Gasteiger partial charge in [0.1, 0.15) is 12.8 Å². The zero-order valence-corrected chi connectivity index (χ0v) is 10.1. The van der Waals surface area contributed by atoms with Gasteiger partial charge < -0.3 is 4.57 Å². The fourth-order valence-electron chi connectivity index (χ4n) is 1.73. The Bertz CT molecular complexity index is 506. The SMILES string of the molecule is CCP(=O)(CC)C1=CC=C2N=NN=C2C1=O. The van der Waals surface area contributed by atoms with E-state index in [0.717, 1.165) is 0 Å². The van der Waals surface area contributed by atoms with Crippen LogP contribution in [0.15, 0.2) is 38.6 Å². The molecule has 0 spiro atoms. The average Bonchev–Trinajstić information content (AvgIpc) is 2.77. The lowest BCUT2D eigenvalue weighted by Gasteiger charge is -2.18. The predicted octanol–water partition coefficient (Wildman–Crippen LogP) is 2.56. The first-order valence-corrected chi connectivity index (χ1v) is 7.24. The molecule has 0 aromatic heterocycles. The number of rotatable bonds is 3. The van der Waals surface area contributed by atoms with Crippen LogP contribution in [0, 0.1) is 0 Å². The van der Waals surface area contributed by atoms with Gasteiger partial charge in [0.05, 0.1) is 5.31 Å². The summed E-state index contributed by atoms with van der Waals surface area (Å²) in [5, 5.41) is 11.2. The largest absolute Gasteiger partial charge is 0.318 e. The molecule has 0 N–H and O–H groups in total. The third-order valence-corrected chi connectivity index (χ3v) is 6.12. The number of Topliss-reactive ketones (excluding diaryl/α,β-unsaturated/α-hetero) is 1. The molecule has 0 atom stereocenters. The fraction of sp³-hybridized carbons (Fsp3) is 0.400. The molecule has 0 bridgehead atoms. The van der Waals surface area contributed by atoms with Crippen LogP contribution in [0.2, 0.25) is 0 Å². The standard InChI is InChI=1S/C10H12N3O2P/c1-3-16(15,4-2)8-6-5-7-9(10(8)14)12-13-11-7/h5-6H,3-4H2,1-2H3. The molecule has 0 aromatic rings. The van der Waals surface area contributed by atoms with Crippen LogP contribution in [0.4, 0.5) is 0 Å². The summed E-state index contributed by atoms with van der Waals surface area (Å²) >= 11 is 0. The number of carbonyl (C=O) groups is 1. The van der Waals surface area contributed by atoms with Crippen molar-refractivity contribution in [2.75, 3.05) is 12.3 Å². The molecule has 16 heavy (non-hydrogen) atoms. The van der Waals surface area contributed by atoms with Crippen molar-refractivity contribution in [3.05, 3.63) is 23.2 Å². The Morgan fingerprint density at radius 3 is 2.56 bits per heavy atom. The Labute approximate surface area is 93.4 Å². The molecule has 84 valence electrons. The molecule has 2 aliphatic rings. The van der Waals surface area contributed by atoms with E-state index in [-0.39, 0.29) is 11.5 Å².